The molecule has 0 spiro atoms. The Morgan fingerprint density at radius 2 is 2.16 bits per heavy atom. The number of methoxy groups -OCH3 is 1. The van der Waals surface area contributed by atoms with Crippen LogP contribution in [0, 0.1) is 0 Å². The number of hydrogen-bond donors (Lipinski definition) is 2. The summed E-state index contributed by atoms with van der Waals surface area (Å²) in [5.41, 5.74) is 6.75. The number of anilines is 1. The molecule has 1 aromatic carbocycles. The van der Waals surface area contributed by atoms with Crippen LogP contribution in [0.3, 0.4) is 0 Å². The molecule has 0 saturated carbocycles. The van der Waals surface area contributed by atoms with Crippen LogP contribution in [0.15, 0.2) is 30.5 Å². The molecule has 0 aliphatic rings. The molecule has 104 valence electrons. The Balaban J connectivity index is 0.00000180. The highest BCUT2D eigenvalue weighted by Gasteiger charge is 2.10. The van der Waals surface area contributed by atoms with Gasteiger partial charge in [-0.15, -0.1) is 23.7 Å². The van der Waals surface area contributed by atoms with Gasteiger partial charge in [-0.1, -0.05) is 18.2 Å². The molecule has 0 aliphatic heterocycles. The number of aromatic nitrogens is 1. The minimum absolute atomic E-state index is 0. The number of ether oxygens (including phenoxy) is 1. The number of rotatable bonds is 5. The Labute approximate surface area is 123 Å². The summed E-state index contributed by atoms with van der Waals surface area (Å²) in [6, 6.07) is 8.24. The monoisotopic (exact) mass is 299 g/mol. The summed E-state index contributed by atoms with van der Waals surface area (Å²) in [7, 11) is 1.69. The van der Waals surface area contributed by atoms with Crippen molar-refractivity contribution < 1.29 is 4.74 Å². The van der Waals surface area contributed by atoms with Crippen molar-refractivity contribution in [3.63, 3.8) is 0 Å². The normalized spacial score (nSPS) is 11.7. The van der Waals surface area contributed by atoms with Crippen LogP contribution >= 0.6 is 23.7 Å². The van der Waals surface area contributed by atoms with E-state index < -0.39 is 0 Å². The topological polar surface area (TPSA) is 60.2 Å². The highest BCUT2D eigenvalue weighted by Crippen LogP contribution is 2.25. The zero-order valence-electron chi connectivity index (χ0n) is 10.9. The summed E-state index contributed by atoms with van der Waals surface area (Å²) in [5.74, 6) is 0.904. The molecule has 2 rings (SSSR count). The standard InChI is InChI=1S/C13H17N3OS.ClH/c1-9(11-5-3-4-6-12(11)17-2)15-7-10-8-16-13(14)18-10;/h3-6,8-9,15H,7H2,1-2H3,(H2,14,16);1H. The minimum Gasteiger partial charge on any atom is -0.496 e. The smallest absolute Gasteiger partial charge is 0.180 e. The van der Waals surface area contributed by atoms with E-state index in [1.54, 1.807) is 7.11 Å². The van der Waals surface area contributed by atoms with Gasteiger partial charge in [0.25, 0.3) is 0 Å². The van der Waals surface area contributed by atoms with E-state index in [1.807, 2.05) is 24.4 Å². The number of hydrogen-bond acceptors (Lipinski definition) is 5. The summed E-state index contributed by atoms with van der Waals surface area (Å²) >= 11 is 1.51. The minimum atomic E-state index is 0. The summed E-state index contributed by atoms with van der Waals surface area (Å²) < 4.78 is 5.35. The molecule has 0 amide bonds. The molecule has 1 unspecified atom stereocenters. The van der Waals surface area contributed by atoms with E-state index in [0.29, 0.717) is 5.13 Å². The molecule has 1 aromatic heterocycles. The van der Waals surface area contributed by atoms with Gasteiger partial charge in [-0.05, 0) is 13.0 Å². The molecule has 4 nitrogen and oxygen atoms in total. The van der Waals surface area contributed by atoms with Crippen LogP contribution in [0.5, 0.6) is 5.75 Å². The second kappa shape index (κ2) is 7.33. The molecule has 3 N–H and O–H groups in total. The van der Waals surface area contributed by atoms with Crippen molar-refractivity contribution in [1.82, 2.24) is 10.3 Å². The third-order valence-electron chi connectivity index (χ3n) is 2.76. The van der Waals surface area contributed by atoms with Crippen LogP contribution < -0.4 is 15.8 Å². The predicted molar refractivity (Wildman–Crippen MR) is 82.0 cm³/mol. The molecule has 0 bridgehead atoms. The van der Waals surface area contributed by atoms with Gasteiger partial charge in [0.05, 0.1) is 7.11 Å². The van der Waals surface area contributed by atoms with Gasteiger partial charge in [-0.2, -0.15) is 0 Å². The first-order valence-electron chi connectivity index (χ1n) is 5.77. The number of thiazole rings is 1. The third kappa shape index (κ3) is 4.09. The second-order valence-electron chi connectivity index (χ2n) is 4.01. The van der Waals surface area contributed by atoms with Gasteiger partial charge in [-0.25, -0.2) is 4.98 Å². The Kier molecular flexibility index (Phi) is 6.08. The molecule has 0 saturated heterocycles. The van der Waals surface area contributed by atoms with Crippen molar-refractivity contribution >= 4 is 28.9 Å². The molecule has 6 heteroatoms. The first-order chi connectivity index (χ1) is 8.70. The van der Waals surface area contributed by atoms with E-state index in [2.05, 4.69) is 23.3 Å². The van der Waals surface area contributed by atoms with Gasteiger partial charge >= 0.3 is 0 Å². The lowest BCUT2D eigenvalue weighted by molar-refractivity contribution is 0.401. The Bertz CT molecular complexity index is 518. The molecule has 1 atom stereocenters. The average Bonchev–Trinajstić information content (AvgIpc) is 2.81. The van der Waals surface area contributed by atoms with E-state index in [1.165, 1.54) is 11.3 Å². The van der Waals surface area contributed by atoms with E-state index in [4.69, 9.17) is 10.5 Å². The van der Waals surface area contributed by atoms with Crippen LogP contribution in [0.1, 0.15) is 23.4 Å². The van der Waals surface area contributed by atoms with E-state index in [-0.39, 0.29) is 18.4 Å². The van der Waals surface area contributed by atoms with Crippen molar-refractivity contribution in [2.24, 2.45) is 0 Å². The molecule has 0 radical (unpaired) electrons. The summed E-state index contributed by atoms with van der Waals surface area (Å²) in [6.45, 7) is 2.87. The van der Waals surface area contributed by atoms with Crippen LogP contribution in [-0.4, -0.2) is 12.1 Å². The fraction of sp³-hybridized carbons (Fsp3) is 0.308. The van der Waals surface area contributed by atoms with E-state index in [9.17, 15) is 0 Å². The van der Waals surface area contributed by atoms with Crippen LogP contribution in [0.25, 0.3) is 0 Å². The maximum Gasteiger partial charge on any atom is 0.180 e. The zero-order chi connectivity index (χ0) is 13.0. The molecule has 0 aliphatic carbocycles. The van der Waals surface area contributed by atoms with Gasteiger partial charge in [0.15, 0.2) is 5.13 Å². The van der Waals surface area contributed by atoms with Crippen molar-refractivity contribution in [3.8, 4) is 5.75 Å². The van der Waals surface area contributed by atoms with Crippen molar-refractivity contribution in [3.05, 3.63) is 40.9 Å². The van der Waals surface area contributed by atoms with E-state index in [0.717, 1.165) is 22.7 Å². The summed E-state index contributed by atoms with van der Waals surface area (Å²) in [6.07, 6.45) is 1.81. The van der Waals surface area contributed by atoms with E-state index >= 15 is 0 Å². The van der Waals surface area contributed by atoms with Gasteiger partial charge in [-0.3, -0.25) is 0 Å². The van der Waals surface area contributed by atoms with Crippen LogP contribution in [0.2, 0.25) is 0 Å². The van der Waals surface area contributed by atoms with Gasteiger partial charge < -0.3 is 15.8 Å². The lowest BCUT2D eigenvalue weighted by atomic mass is 10.1. The number of para-hydroxylation sites is 1. The third-order valence-corrected chi connectivity index (χ3v) is 3.59. The highest BCUT2D eigenvalue weighted by molar-refractivity contribution is 7.15. The summed E-state index contributed by atoms with van der Waals surface area (Å²) in [4.78, 5) is 5.17. The lowest BCUT2D eigenvalue weighted by Crippen LogP contribution is -2.18. The number of benzene rings is 1. The Morgan fingerprint density at radius 1 is 1.42 bits per heavy atom. The largest absolute Gasteiger partial charge is 0.496 e. The maximum absolute atomic E-state index is 5.60. The number of nitrogen functional groups attached to an aromatic ring is 1. The summed E-state index contributed by atoms with van der Waals surface area (Å²) in [5, 5.41) is 4.05. The fourth-order valence-corrected chi connectivity index (χ4v) is 2.43. The van der Waals surface area contributed by atoms with Crippen molar-refractivity contribution in [2.75, 3.05) is 12.8 Å². The second-order valence-corrected chi connectivity index (χ2v) is 5.16. The Hall–Kier alpha value is -1.30. The quantitative estimate of drug-likeness (QED) is 0.891. The zero-order valence-corrected chi connectivity index (χ0v) is 12.6. The molecule has 0 fully saturated rings. The van der Waals surface area contributed by atoms with Gasteiger partial charge in [0, 0.05) is 29.2 Å². The number of nitrogens with zero attached hydrogens (tertiary/aromatic N) is 1. The van der Waals surface area contributed by atoms with Crippen molar-refractivity contribution in [2.45, 2.75) is 19.5 Å². The molecule has 2 aromatic rings. The fourth-order valence-electron chi connectivity index (χ4n) is 1.79. The van der Waals surface area contributed by atoms with Crippen LogP contribution in [-0.2, 0) is 6.54 Å². The van der Waals surface area contributed by atoms with Gasteiger partial charge in [0.1, 0.15) is 5.75 Å². The van der Waals surface area contributed by atoms with Crippen molar-refractivity contribution in [1.29, 1.82) is 0 Å². The molecular formula is C13H18ClN3OS. The first kappa shape index (κ1) is 15.8. The molecule has 1 heterocycles. The lowest BCUT2D eigenvalue weighted by Gasteiger charge is -2.16. The predicted octanol–water partition coefficient (Wildman–Crippen LogP) is 3.01. The van der Waals surface area contributed by atoms with Crippen LogP contribution in [0.4, 0.5) is 5.13 Å². The SMILES string of the molecule is COc1ccccc1C(C)NCc1cnc(N)s1.Cl. The molecular weight excluding hydrogens is 282 g/mol. The Morgan fingerprint density at radius 3 is 2.79 bits per heavy atom. The highest BCUT2D eigenvalue weighted by atomic mass is 35.5. The maximum atomic E-state index is 5.60. The number of halogens is 1. The number of nitrogens with one attached hydrogen (secondary N) is 1. The first-order valence-corrected chi connectivity index (χ1v) is 6.59. The molecule has 19 heavy (non-hydrogen) atoms. The average molecular weight is 300 g/mol. The van der Waals surface area contributed by atoms with Gasteiger partial charge in [0.2, 0.25) is 0 Å². The number of nitrogens with two attached hydrogens (primary N) is 1.